The van der Waals surface area contributed by atoms with E-state index in [1.165, 1.54) is 36.0 Å². The van der Waals surface area contributed by atoms with Crippen LogP contribution >= 0.6 is 11.6 Å². The van der Waals surface area contributed by atoms with E-state index in [0.717, 1.165) is 5.69 Å². The molecule has 21 heavy (non-hydrogen) atoms. The van der Waals surface area contributed by atoms with E-state index in [1.807, 2.05) is 6.07 Å². The molecule has 0 aromatic heterocycles. The number of benzene rings is 2. The minimum absolute atomic E-state index is 0.140. The van der Waals surface area contributed by atoms with Crippen molar-refractivity contribution in [2.45, 2.75) is 32.2 Å². The van der Waals surface area contributed by atoms with Crippen molar-refractivity contribution in [3.8, 4) is 6.07 Å². The molecule has 0 radical (unpaired) electrons. The largest absolute Gasteiger partial charge is 0.377 e. The van der Waals surface area contributed by atoms with Gasteiger partial charge in [-0.05, 0) is 61.1 Å². The van der Waals surface area contributed by atoms with Crippen LogP contribution in [0.2, 0.25) is 5.02 Å². The van der Waals surface area contributed by atoms with E-state index in [4.69, 9.17) is 11.6 Å². The molecule has 0 aliphatic heterocycles. The van der Waals surface area contributed by atoms with Gasteiger partial charge in [-0.25, -0.2) is 0 Å². The van der Waals surface area contributed by atoms with Gasteiger partial charge in [-0.2, -0.15) is 5.26 Å². The van der Waals surface area contributed by atoms with E-state index in [0.29, 0.717) is 10.6 Å². The lowest BCUT2D eigenvalue weighted by Crippen LogP contribution is -2.08. The van der Waals surface area contributed by atoms with Crippen molar-refractivity contribution in [2.24, 2.45) is 0 Å². The predicted molar refractivity (Wildman–Crippen MR) is 86.7 cm³/mol. The van der Waals surface area contributed by atoms with Crippen molar-refractivity contribution < 1.29 is 0 Å². The molecule has 1 unspecified atom stereocenters. The lowest BCUT2D eigenvalue weighted by atomic mass is 10.0. The zero-order valence-electron chi connectivity index (χ0n) is 12.0. The molecule has 3 heteroatoms. The molecule has 0 saturated carbocycles. The van der Waals surface area contributed by atoms with Gasteiger partial charge in [0, 0.05) is 11.1 Å². The van der Waals surface area contributed by atoms with Gasteiger partial charge >= 0.3 is 0 Å². The van der Waals surface area contributed by atoms with Crippen molar-refractivity contribution in [1.29, 1.82) is 5.26 Å². The second kappa shape index (κ2) is 5.79. The van der Waals surface area contributed by atoms with E-state index >= 15 is 0 Å². The van der Waals surface area contributed by atoms with Gasteiger partial charge in [-0.1, -0.05) is 29.8 Å². The Hall–Kier alpha value is -1.98. The summed E-state index contributed by atoms with van der Waals surface area (Å²) in [6.07, 6.45) is 3.63. The molecule has 1 N–H and O–H groups in total. The Bertz CT molecular complexity index is 716. The molecule has 0 saturated heterocycles. The van der Waals surface area contributed by atoms with Crippen LogP contribution in [-0.2, 0) is 12.8 Å². The van der Waals surface area contributed by atoms with Crippen molar-refractivity contribution in [3.63, 3.8) is 0 Å². The first-order valence-electron chi connectivity index (χ1n) is 7.25. The zero-order chi connectivity index (χ0) is 14.8. The van der Waals surface area contributed by atoms with E-state index in [-0.39, 0.29) is 6.04 Å². The standard InChI is InChI=1S/C18H17ClN2/c1-12(14-6-5-13-3-2-4-15(13)9-14)21-18-10-17(19)8-7-16(18)11-20/h5-10,12,21H,2-4H2,1H3. The van der Waals surface area contributed by atoms with Crippen LogP contribution in [0.4, 0.5) is 5.69 Å². The molecule has 0 spiro atoms. The highest BCUT2D eigenvalue weighted by Gasteiger charge is 2.14. The summed E-state index contributed by atoms with van der Waals surface area (Å²) in [5, 5.41) is 13.2. The Morgan fingerprint density at radius 3 is 2.76 bits per heavy atom. The highest BCUT2D eigenvalue weighted by atomic mass is 35.5. The number of nitrogens with one attached hydrogen (secondary N) is 1. The molecule has 3 rings (SSSR count). The summed E-state index contributed by atoms with van der Waals surface area (Å²) in [4.78, 5) is 0. The second-order valence-electron chi connectivity index (χ2n) is 5.55. The number of nitrogens with zero attached hydrogens (tertiary/aromatic N) is 1. The van der Waals surface area contributed by atoms with Gasteiger partial charge < -0.3 is 5.32 Å². The molecule has 1 atom stereocenters. The molecular weight excluding hydrogens is 280 g/mol. The maximum absolute atomic E-state index is 9.19. The zero-order valence-corrected chi connectivity index (χ0v) is 12.7. The number of hydrogen-bond donors (Lipinski definition) is 1. The number of nitriles is 1. The number of hydrogen-bond acceptors (Lipinski definition) is 2. The molecule has 0 bridgehead atoms. The van der Waals surface area contributed by atoms with Crippen molar-refractivity contribution >= 4 is 17.3 Å². The molecular formula is C18H17ClN2. The Kier molecular flexibility index (Phi) is 3.86. The lowest BCUT2D eigenvalue weighted by molar-refractivity contribution is 0.878. The Balaban J connectivity index is 1.85. The smallest absolute Gasteiger partial charge is 0.101 e. The average molecular weight is 297 g/mol. The van der Waals surface area contributed by atoms with Crippen molar-refractivity contribution in [3.05, 3.63) is 63.7 Å². The lowest BCUT2D eigenvalue weighted by Gasteiger charge is -2.18. The molecule has 2 aromatic rings. The monoisotopic (exact) mass is 296 g/mol. The summed E-state index contributed by atoms with van der Waals surface area (Å²) in [5.74, 6) is 0. The van der Waals surface area contributed by atoms with Crippen molar-refractivity contribution in [1.82, 2.24) is 0 Å². The summed E-state index contributed by atoms with van der Waals surface area (Å²) in [7, 11) is 0. The molecule has 2 aromatic carbocycles. The molecule has 1 aliphatic rings. The topological polar surface area (TPSA) is 35.8 Å². The van der Waals surface area contributed by atoms with Gasteiger partial charge in [0.1, 0.15) is 6.07 Å². The van der Waals surface area contributed by atoms with Crippen LogP contribution in [0, 0.1) is 11.3 Å². The Morgan fingerprint density at radius 1 is 1.14 bits per heavy atom. The molecule has 1 aliphatic carbocycles. The van der Waals surface area contributed by atoms with Gasteiger partial charge in [0.2, 0.25) is 0 Å². The quantitative estimate of drug-likeness (QED) is 0.877. The second-order valence-corrected chi connectivity index (χ2v) is 5.99. The third kappa shape index (κ3) is 2.89. The number of halogens is 1. The SMILES string of the molecule is CC(Nc1cc(Cl)ccc1C#N)c1ccc2c(c1)CCC2. The van der Waals surface area contributed by atoms with Gasteiger partial charge in [-0.3, -0.25) is 0 Å². The van der Waals surface area contributed by atoms with E-state index < -0.39 is 0 Å². The average Bonchev–Trinajstić information content (AvgIpc) is 2.94. The molecule has 106 valence electrons. The number of anilines is 1. The summed E-state index contributed by atoms with van der Waals surface area (Å²) >= 11 is 6.03. The first-order chi connectivity index (χ1) is 10.2. The van der Waals surface area contributed by atoms with E-state index in [9.17, 15) is 5.26 Å². The van der Waals surface area contributed by atoms with Crippen LogP contribution in [0.5, 0.6) is 0 Å². The number of fused-ring (bicyclic) bond motifs is 1. The Morgan fingerprint density at radius 2 is 1.95 bits per heavy atom. The minimum atomic E-state index is 0.140. The number of rotatable bonds is 3. The van der Waals surface area contributed by atoms with Gasteiger partial charge in [0.15, 0.2) is 0 Å². The predicted octanol–water partition coefficient (Wildman–Crippen LogP) is 4.87. The number of aryl methyl sites for hydroxylation is 2. The minimum Gasteiger partial charge on any atom is -0.377 e. The first-order valence-corrected chi connectivity index (χ1v) is 7.63. The fourth-order valence-corrected chi connectivity index (χ4v) is 3.08. The van der Waals surface area contributed by atoms with Crippen LogP contribution in [0.3, 0.4) is 0 Å². The summed E-state index contributed by atoms with van der Waals surface area (Å²) in [6.45, 7) is 2.11. The maximum Gasteiger partial charge on any atom is 0.101 e. The van der Waals surface area contributed by atoms with Crippen molar-refractivity contribution in [2.75, 3.05) is 5.32 Å². The fraction of sp³-hybridized carbons (Fsp3) is 0.278. The van der Waals surface area contributed by atoms with Gasteiger partial charge in [-0.15, -0.1) is 0 Å². The first kappa shape index (κ1) is 14.0. The normalized spacial score (nSPS) is 14.3. The Labute approximate surface area is 130 Å². The highest BCUT2D eigenvalue weighted by Crippen LogP contribution is 2.28. The van der Waals surface area contributed by atoms with Gasteiger partial charge in [0.25, 0.3) is 0 Å². The fourth-order valence-electron chi connectivity index (χ4n) is 2.91. The highest BCUT2D eigenvalue weighted by molar-refractivity contribution is 6.30. The van der Waals surface area contributed by atoms with Crippen LogP contribution in [0.25, 0.3) is 0 Å². The van der Waals surface area contributed by atoms with Crippen LogP contribution < -0.4 is 5.32 Å². The molecule has 0 amide bonds. The molecule has 0 heterocycles. The summed E-state index contributed by atoms with van der Waals surface area (Å²) in [6, 6.07) is 14.3. The summed E-state index contributed by atoms with van der Waals surface area (Å²) in [5.41, 5.74) is 5.60. The van der Waals surface area contributed by atoms with E-state index in [1.54, 1.807) is 12.1 Å². The molecule has 2 nitrogen and oxygen atoms in total. The maximum atomic E-state index is 9.19. The van der Waals surface area contributed by atoms with Crippen LogP contribution in [-0.4, -0.2) is 0 Å². The summed E-state index contributed by atoms with van der Waals surface area (Å²) < 4.78 is 0. The van der Waals surface area contributed by atoms with Gasteiger partial charge in [0.05, 0.1) is 11.3 Å². The third-order valence-corrected chi connectivity index (χ3v) is 4.33. The molecule has 0 fully saturated rings. The van der Waals surface area contributed by atoms with Crippen LogP contribution in [0.15, 0.2) is 36.4 Å². The van der Waals surface area contributed by atoms with E-state index in [2.05, 4.69) is 36.5 Å². The van der Waals surface area contributed by atoms with Crippen LogP contribution in [0.1, 0.15) is 41.6 Å². The third-order valence-electron chi connectivity index (χ3n) is 4.10.